The molecule has 7 heteroatoms. The number of rotatable bonds is 4. The van der Waals surface area contributed by atoms with Gasteiger partial charge in [-0.05, 0) is 18.4 Å². The van der Waals surface area contributed by atoms with Crippen molar-refractivity contribution in [3.8, 4) is 0 Å². The maximum Gasteiger partial charge on any atom is 0.415 e. The molecule has 1 fully saturated rings. The lowest BCUT2D eigenvalue weighted by atomic mass is 9.85. The van der Waals surface area contributed by atoms with Gasteiger partial charge in [-0.15, -0.1) is 0 Å². The third-order valence-corrected chi connectivity index (χ3v) is 4.14. The second-order valence-electron chi connectivity index (χ2n) is 5.79. The van der Waals surface area contributed by atoms with Crippen LogP contribution in [0.15, 0.2) is 30.3 Å². The van der Waals surface area contributed by atoms with Crippen LogP contribution in [0.25, 0.3) is 0 Å². The van der Waals surface area contributed by atoms with E-state index in [1.165, 1.54) is 4.90 Å². The average Bonchev–Trinajstić information content (AvgIpc) is 2.52. The Labute approximate surface area is 132 Å². The summed E-state index contributed by atoms with van der Waals surface area (Å²) < 4.78 is 42.5. The smallest absolute Gasteiger partial charge is 0.383 e. The summed E-state index contributed by atoms with van der Waals surface area (Å²) in [5, 5.41) is 10.8. The van der Waals surface area contributed by atoms with E-state index >= 15 is 0 Å². The highest BCUT2D eigenvalue weighted by Gasteiger charge is 2.43. The minimum Gasteiger partial charge on any atom is -0.383 e. The number of halogens is 3. The molecule has 1 amide bonds. The number of β-amino-alcohol motifs (C(OH)–C–C–N with tert-alkyl or cyclic N) is 1. The first-order valence-electron chi connectivity index (χ1n) is 7.41. The van der Waals surface area contributed by atoms with Gasteiger partial charge in [0, 0.05) is 13.7 Å². The second-order valence-corrected chi connectivity index (χ2v) is 5.79. The second kappa shape index (κ2) is 6.88. The SMILES string of the molecule is COC(CC(=O)N1CCCC(O)(c2ccccc2)C1)C(F)(F)F. The molecule has 1 aliphatic rings. The summed E-state index contributed by atoms with van der Waals surface area (Å²) in [6, 6.07) is 8.87. The predicted molar refractivity (Wildman–Crippen MR) is 77.6 cm³/mol. The van der Waals surface area contributed by atoms with Crippen LogP contribution in [0, 0.1) is 0 Å². The highest BCUT2D eigenvalue weighted by Crippen LogP contribution is 2.32. The molecule has 4 nitrogen and oxygen atoms in total. The molecule has 1 aromatic rings. The molecule has 0 spiro atoms. The topological polar surface area (TPSA) is 49.8 Å². The number of carbonyl (C=O) groups excluding carboxylic acids is 1. The minimum atomic E-state index is -4.59. The third-order valence-electron chi connectivity index (χ3n) is 4.14. The Hall–Kier alpha value is -1.60. The molecule has 0 aromatic heterocycles. The molecule has 2 rings (SSSR count). The van der Waals surface area contributed by atoms with Crippen molar-refractivity contribution in [3.05, 3.63) is 35.9 Å². The van der Waals surface area contributed by atoms with Crippen molar-refractivity contribution >= 4 is 5.91 Å². The summed E-state index contributed by atoms with van der Waals surface area (Å²) in [5.74, 6) is -0.664. The normalized spacial score (nSPS) is 23.6. The van der Waals surface area contributed by atoms with Crippen molar-refractivity contribution in [2.45, 2.75) is 37.1 Å². The largest absolute Gasteiger partial charge is 0.415 e. The standard InChI is InChI=1S/C16H20F3NO3/c1-23-13(16(17,18)19)10-14(21)20-9-5-8-15(22,11-20)12-6-3-2-4-7-12/h2-4,6-7,13,22H,5,8-11H2,1H3. The Morgan fingerprint density at radius 2 is 2.04 bits per heavy atom. The van der Waals surface area contributed by atoms with Crippen LogP contribution in [0.2, 0.25) is 0 Å². The fourth-order valence-corrected chi connectivity index (χ4v) is 2.85. The molecule has 1 aromatic carbocycles. The summed E-state index contributed by atoms with van der Waals surface area (Å²) in [6.45, 7) is 0.326. The molecular weight excluding hydrogens is 311 g/mol. The Morgan fingerprint density at radius 3 is 2.61 bits per heavy atom. The molecule has 1 heterocycles. The Kier molecular flexibility index (Phi) is 5.31. The molecular formula is C16H20F3NO3. The van der Waals surface area contributed by atoms with Crippen molar-refractivity contribution in [1.82, 2.24) is 4.90 Å². The van der Waals surface area contributed by atoms with Gasteiger partial charge in [-0.25, -0.2) is 0 Å². The van der Waals surface area contributed by atoms with Gasteiger partial charge in [0.25, 0.3) is 0 Å². The molecule has 0 radical (unpaired) electrons. The lowest BCUT2D eigenvalue weighted by Gasteiger charge is -2.40. The monoisotopic (exact) mass is 331 g/mol. The van der Waals surface area contributed by atoms with Crippen molar-refractivity contribution in [1.29, 1.82) is 0 Å². The van der Waals surface area contributed by atoms with E-state index in [9.17, 15) is 23.1 Å². The lowest BCUT2D eigenvalue weighted by Crippen LogP contribution is -2.50. The van der Waals surface area contributed by atoms with Crippen LogP contribution in [0.5, 0.6) is 0 Å². The summed E-state index contributed by atoms with van der Waals surface area (Å²) in [5.41, 5.74) is -0.563. The molecule has 1 aliphatic heterocycles. The number of amides is 1. The van der Waals surface area contributed by atoms with Crippen molar-refractivity contribution < 1.29 is 27.8 Å². The van der Waals surface area contributed by atoms with Crippen molar-refractivity contribution in [2.24, 2.45) is 0 Å². The number of methoxy groups -OCH3 is 1. The molecule has 0 aliphatic carbocycles. The average molecular weight is 331 g/mol. The molecule has 128 valence electrons. The number of hydrogen-bond donors (Lipinski definition) is 1. The van der Waals surface area contributed by atoms with Crippen LogP contribution in [0.4, 0.5) is 13.2 Å². The minimum absolute atomic E-state index is 0.00978. The van der Waals surface area contributed by atoms with Crippen LogP contribution in [0.3, 0.4) is 0 Å². The Balaban J connectivity index is 2.07. The van der Waals surface area contributed by atoms with Crippen LogP contribution in [0.1, 0.15) is 24.8 Å². The highest BCUT2D eigenvalue weighted by atomic mass is 19.4. The van der Waals surface area contributed by atoms with E-state index in [0.29, 0.717) is 24.9 Å². The summed E-state index contributed by atoms with van der Waals surface area (Å²) >= 11 is 0. The first kappa shape index (κ1) is 17.7. The summed E-state index contributed by atoms with van der Waals surface area (Å²) in [7, 11) is 0.932. The molecule has 1 N–H and O–H groups in total. The first-order chi connectivity index (χ1) is 10.8. The Morgan fingerprint density at radius 1 is 1.39 bits per heavy atom. The van der Waals surface area contributed by atoms with Crippen LogP contribution in [-0.2, 0) is 15.1 Å². The molecule has 23 heavy (non-hydrogen) atoms. The van der Waals surface area contributed by atoms with Gasteiger partial charge in [-0.2, -0.15) is 13.2 Å². The molecule has 2 unspecified atom stereocenters. The van der Waals surface area contributed by atoms with Gasteiger partial charge in [-0.1, -0.05) is 30.3 Å². The number of hydrogen-bond acceptors (Lipinski definition) is 3. The van der Waals surface area contributed by atoms with E-state index in [1.807, 2.05) is 6.07 Å². The number of nitrogens with zero attached hydrogens (tertiary/aromatic N) is 1. The van der Waals surface area contributed by atoms with Crippen LogP contribution >= 0.6 is 0 Å². The van der Waals surface area contributed by atoms with Gasteiger partial charge in [0.05, 0.1) is 13.0 Å². The summed E-state index contributed by atoms with van der Waals surface area (Å²) in [6.07, 6.45) is -6.49. The fraction of sp³-hybridized carbons (Fsp3) is 0.562. The van der Waals surface area contributed by atoms with E-state index in [0.717, 1.165) is 7.11 Å². The number of aliphatic hydroxyl groups is 1. The lowest BCUT2D eigenvalue weighted by molar-refractivity contribution is -0.216. The first-order valence-corrected chi connectivity index (χ1v) is 7.41. The van der Waals surface area contributed by atoms with E-state index in [-0.39, 0.29) is 6.54 Å². The van der Waals surface area contributed by atoms with E-state index < -0.39 is 30.2 Å². The van der Waals surface area contributed by atoms with Gasteiger partial charge in [0.2, 0.25) is 5.91 Å². The van der Waals surface area contributed by atoms with Crippen molar-refractivity contribution in [3.63, 3.8) is 0 Å². The highest BCUT2D eigenvalue weighted by molar-refractivity contribution is 5.77. The quantitative estimate of drug-likeness (QED) is 0.922. The molecule has 0 saturated carbocycles. The number of likely N-dealkylation sites (tertiary alicyclic amines) is 1. The zero-order valence-electron chi connectivity index (χ0n) is 12.8. The van der Waals surface area contributed by atoms with E-state index in [2.05, 4.69) is 4.74 Å². The van der Waals surface area contributed by atoms with Gasteiger partial charge >= 0.3 is 6.18 Å². The zero-order chi connectivity index (χ0) is 17.1. The molecule has 2 atom stereocenters. The summed E-state index contributed by atoms with van der Waals surface area (Å²) in [4.78, 5) is 13.5. The van der Waals surface area contributed by atoms with E-state index in [4.69, 9.17) is 0 Å². The van der Waals surface area contributed by atoms with Gasteiger partial charge < -0.3 is 14.7 Å². The van der Waals surface area contributed by atoms with Crippen molar-refractivity contribution in [2.75, 3.05) is 20.2 Å². The number of ether oxygens (including phenoxy) is 1. The number of piperidine rings is 1. The maximum absolute atomic E-state index is 12.7. The zero-order valence-corrected chi connectivity index (χ0v) is 12.8. The molecule has 0 bridgehead atoms. The maximum atomic E-state index is 12.7. The number of alkyl halides is 3. The number of benzene rings is 1. The Bertz CT molecular complexity index is 535. The predicted octanol–water partition coefficient (Wildman–Crippen LogP) is 2.46. The fourth-order valence-electron chi connectivity index (χ4n) is 2.85. The van der Waals surface area contributed by atoms with E-state index in [1.54, 1.807) is 24.3 Å². The van der Waals surface area contributed by atoms with Gasteiger partial charge in [-0.3, -0.25) is 4.79 Å². The molecule has 1 saturated heterocycles. The van der Waals surface area contributed by atoms with Gasteiger partial charge in [0.15, 0.2) is 6.10 Å². The number of carbonyl (C=O) groups is 1. The van der Waals surface area contributed by atoms with Crippen LogP contribution < -0.4 is 0 Å². The van der Waals surface area contributed by atoms with Gasteiger partial charge in [0.1, 0.15) is 5.60 Å². The third kappa shape index (κ3) is 4.23. The van der Waals surface area contributed by atoms with Crippen LogP contribution in [-0.4, -0.2) is 48.4 Å².